The molecule has 0 atom stereocenters. The van der Waals surface area contributed by atoms with Gasteiger partial charge in [0, 0.05) is 28.5 Å². The molecule has 102 valence electrons. The second kappa shape index (κ2) is 5.34. The lowest BCUT2D eigenvalue weighted by Gasteiger charge is -2.12. The summed E-state index contributed by atoms with van der Waals surface area (Å²) < 4.78 is 40.3. The Morgan fingerprint density at radius 3 is 2.63 bits per heavy atom. The molecule has 0 aliphatic heterocycles. The number of aromatic nitrogens is 2. The summed E-state index contributed by atoms with van der Waals surface area (Å²) >= 11 is 3.10. The molecule has 0 radical (unpaired) electrons. The van der Waals surface area contributed by atoms with Gasteiger partial charge in [-0.3, -0.25) is 0 Å². The van der Waals surface area contributed by atoms with Gasteiger partial charge in [-0.1, -0.05) is 15.9 Å². The fraction of sp³-hybridized carbons (Fsp3) is 0.250. The summed E-state index contributed by atoms with van der Waals surface area (Å²) in [6.07, 6.45) is -0.755. The number of hydrogen-bond acceptors (Lipinski definition) is 2. The smallest absolute Gasteiger partial charge is 0.330 e. The molecule has 0 aliphatic carbocycles. The Morgan fingerprint density at radius 2 is 2.00 bits per heavy atom. The zero-order valence-electron chi connectivity index (χ0n) is 9.78. The van der Waals surface area contributed by atoms with E-state index in [1.165, 1.54) is 6.33 Å². The number of hydrogen-bond donors (Lipinski definition) is 1. The molecule has 0 spiro atoms. The Bertz CT molecular complexity index is 578. The van der Waals surface area contributed by atoms with Crippen molar-refractivity contribution < 1.29 is 13.2 Å². The zero-order chi connectivity index (χ0) is 14.0. The van der Waals surface area contributed by atoms with Crippen LogP contribution in [0.5, 0.6) is 0 Å². The van der Waals surface area contributed by atoms with Gasteiger partial charge in [-0.25, -0.2) is 4.98 Å². The van der Waals surface area contributed by atoms with E-state index in [9.17, 15) is 13.2 Å². The Hall–Kier alpha value is -1.34. The summed E-state index contributed by atoms with van der Waals surface area (Å²) in [4.78, 5) is 3.95. The molecular weight excluding hydrogens is 323 g/mol. The third-order valence-electron chi connectivity index (χ3n) is 2.60. The van der Waals surface area contributed by atoms with E-state index < -0.39 is 11.7 Å². The molecule has 1 heterocycles. The number of nitrogens with two attached hydrogens (primary N) is 1. The van der Waals surface area contributed by atoms with E-state index in [-0.39, 0.29) is 0 Å². The topological polar surface area (TPSA) is 43.8 Å². The largest absolute Gasteiger partial charge is 0.416 e. The first-order valence-electron chi connectivity index (χ1n) is 5.51. The standard InChI is InChI=1S/C12H11BrF3N3/c13-9-3-8(12(14,15)16)4-11(5-9)19-7-18-6-10(19)1-2-17/h3-7H,1-2,17H2. The van der Waals surface area contributed by atoms with Crippen molar-refractivity contribution in [1.29, 1.82) is 0 Å². The Kier molecular flexibility index (Phi) is 3.96. The van der Waals surface area contributed by atoms with Gasteiger partial charge < -0.3 is 10.3 Å². The number of benzene rings is 1. The molecule has 7 heteroatoms. The fourth-order valence-electron chi connectivity index (χ4n) is 1.76. The highest BCUT2D eigenvalue weighted by Crippen LogP contribution is 2.33. The molecule has 19 heavy (non-hydrogen) atoms. The lowest BCUT2D eigenvalue weighted by atomic mass is 10.2. The molecule has 3 nitrogen and oxygen atoms in total. The molecule has 0 fully saturated rings. The van der Waals surface area contributed by atoms with Gasteiger partial charge >= 0.3 is 6.18 Å². The van der Waals surface area contributed by atoms with Gasteiger partial charge in [-0.05, 0) is 24.7 Å². The van der Waals surface area contributed by atoms with Crippen LogP contribution < -0.4 is 5.73 Å². The lowest BCUT2D eigenvalue weighted by Crippen LogP contribution is -2.09. The predicted octanol–water partition coefficient (Wildman–Crippen LogP) is 3.15. The zero-order valence-corrected chi connectivity index (χ0v) is 11.4. The normalized spacial score (nSPS) is 11.8. The van der Waals surface area contributed by atoms with E-state index >= 15 is 0 Å². The van der Waals surface area contributed by atoms with Crippen LogP contribution in [0.1, 0.15) is 11.3 Å². The number of nitrogens with zero attached hydrogens (tertiary/aromatic N) is 2. The monoisotopic (exact) mass is 333 g/mol. The number of halogens is 4. The highest BCUT2D eigenvalue weighted by atomic mass is 79.9. The second-order valence-electron chi connectivity index (χ2n) is 3.99. The van der Waals surface area contributed by atoms with Crippen LogP contribution in [0.2, 0.25) is 0 Å². The molecule has 2 rings (SSSR count). The van der Waals surface area contributed by atoms with E-state index in [0.29, 0.717) is 23.1 Å². The minimum Gasteiger partial charge on any atom is -0.330 e. The van der Waals surface area contributed by atoms with E-state index in [0.717, 1.165) is 17.8 Å². The first-order chi connectivity index (χ1) is 8.91. The van der Waals surface area contributed by atoms with Crippen LogP contribution in [-0.4, -0.2) is 16.1 Å². The maximum atomic E-state index is 12.8. The van der Waals surface area contributed by atoms with Crippen LogP contribution in [0.15, 0.2) is 35.2 Å². The quantitative estimate of drug-likeness (QED) is 0.937. The minimum absolute atomic E-state index is 0.365. The third-order valence-corrected chi connectivity index (χ3v) is 3.06. The SMILES string of the molecule is NCCc1cncn1-c1cc(Br)cc(C(F)(F)F)c1. The number of rotatable bonds is 3. The molecule has 1 aromatic heterocycles. The predicted molar refractivity (Wildman–Crippen MR) is 69.0 cm³/mol. The lowest BCUT2D eigenvalue weighted by molar-refractivity contribution is -0.137. The Morgan fingerprint density at radius 1 is 1.26 bits per heavy atom. The highest BCUT2D eigenvalue weighted by Gasteiger charge is 2.31. The van der Waals surface area contributed by atoms with Crippen LogP contribution in [0.4, 0.5) is 13.2 Å². The first-order valence-corrected chi connectivity index (χ1v) is 6.30. The van der Waals surface area contributed by atoms with Crippen LogP contribution in [-0.2, 0) is 12.6 Å². The molecule has 2 N–H and O–H groups in total. The molecule has 0 unspecified atom stereocenters. The van der Waals surface area contributed by atoms with Crippen molar-refractivity contribution in [3.63, 3.8) is 0 Å². The van der Waals surface area contributed by atoms with Crippen molar-refractivity contribution in [3.8, 4) is 5.69 Å². The van der Waals surface area contributed by atoms with E-state index in [2.05, 4.69) is 20.9 Å². The summed E-state index contributed by atoms with van der Waals surface area (Å²) in [5.41, 5.74) is 5.94. The molecule has 0 saturated carbocycles. The van der Waals surface area contributed by atoms with Gasteiger partial charge in [0.15, 0.2) is 0 Å². The van der Waals surface area contributed by atoms with E-state index in [1.54, 1.807) is 16.8 Å². The third kappa shape index (κ3) is 3.16. The Labute approximate surface area is 116 Å². The van der Waals surface area contributed by atoms with Gasteiger partial charge in [-0.15, -0.1) is 0 Å². The summed E-state index contributed by atoms with van der Waals surface area (Å²) in [5.74, 6) is 0. The van der Waals surface area contributed by atoms with E-state index in [4.69, 9.17) is 5.73 Å². The maximum Gasteiger partial charge on any atom is 0.416 e. The minimum atomic E-state index is -4.38. The summed E-state index contributed by atoms with van der Waals surface area (Å²) in [5, 5.41) is 0. The molecular formula is C12H11BrF3N3. The van der Waals surface area contributed by atoms with Crippen molar-refractivity contribution in [1.82, 2.24) is 9.55 Å². The first kappa shape index (κ1) is 14.1. The van der Waals surface area contributed by atoms with Crippen LogP contribution in [0, 0.1) is 0 Å². The van der Waals surface area contributed by atoms with Crippen molar-refractivity contribution in [2.24, 2.45) is 5.73 Å². The highest BCUT2D eigenvalue weighted by molar-refractivity contribution is 9.10. The maximum absolute atomic E-state index is 12.8. The second-order valence-corrected chi connectivity index (χ2v) is 4.91. The average Bonchev–Trinajstić information content (AvgIpc) is 2.76. The van der Waals surface area contributed by atoms with E-state index in [1.807, 2.05) is 0 Å². The Balaban J connectivity index is 2.50. The van der Waals surface area contributed by atoms with Crippen molar-refractivity contribution in [2.75, 3.05) is 6.54 Å². The molecule has 2 aromatic rings. The van der Waals surface area contributed by atoms with Gasteiger partial charge in [0.25, 0.3) is 0 Å². The van der Waals surface area contributed by atoms with Gasteiger partial charge in [0.05, 0.1) is 11.9 Å². The molecule has 1 aromatic carbocycles. The van der Waals surface area contributed by atoms with Crippen LogP contribution in [0.25, 0.3) is 5.69 Å². The van der Waals surface area contributed by atoms with Crippen molar-refractivity contribution >= 4 is 15.9 Å². The average molecular weight is 334 g/mol. The van der Waals surface area contributed by atoms with Crippen LogP contribution >= 0.6 is 15.9 Å². The fourth-order valence-corrected chi connectivity index (χ4v) is 2.25. The molecule has 0 aliphatic rings. The van der Waals surface area contributed by atoms with Crippen molar-refractivity contribution in [3.05, 3.63) is 46.5 Å². The van der Waals surface area contributed by atoms with Gasteiger partial charge in [-0.2, -0.15) is 13.2 Å². The summed E-state index contributed by atoms with van der Waals surface area (Å²) in [6.45, 7) is 0.409. The van der Waals surface area contributed by atoms with Gasteiger partial charge in [0.2, 0.25) is 0 Å². The molecule has 0 bridgehead atoms. The number of imidazole rings is 1. The molecule has 0 amide bonds. The molecule has 0 saturated heterocycles. The van der Waals surface area contributed by atoms with Gasteiger partial charge in [0.1, 0.15) is 0 Å². The summed E-state index contributed by atoms with van der Waals surface area (Å²) in [7, 11) is 0. The summed E-state index contributed by atoms with van der Waals surface area (Å²) in [6, 6.07) is 3.74. The van der Waals surface area contributed by atoms with Crippen molar-refractivity contribution in [2.45, 2.75) is 12.6 Å². The number of alkyl halides is 3. The van der Waals surface area contributed by atoms with Crippen LogP contribution in [0.3, 0.4) is 0 Å².